The number of carbonyl (C=O) groups is 1. The van der Waals surface area contributed by atoms with E-state index in [4.69, 9.17) is 11.6 Å². The standard InChI is InChI=1S/C14H15ClN4OS/c15-10-6-4-9(5-7-10)12-17-14(19-18-12)21-11-3-1-2-8-16-13(11)20/h4-7,11H,1-3,8H2,(H,16,20)(H,17,18,19). The number of hydrogen-bond donors (Lipinski definition) is 2. The lowest BCUT2D eigenvalue weighted by Crippen LogP contribution is -2.30. The van der Waals surface area contributed by atoms with Crippen LogP contribution in [0.1, 0.15) is 19.3 Å². The quantitative estimate of drug-likeness (QED) is 0.911. The molecule has 1 aliphatic rings. The van der Waals surface area contributed by atoms with Gasteiger partial charge < -0.3 is 5.32 Å². The van der Waals surface area contributed by atoms with Crippen molar-refractivity contribution in [2.24, 2.45) is 0 Å². The molecule has 2 N–H and O–H groups in total. The van der Waals surface area contributed by atoms with Crippen molar-refractivity contribution in [1.29, 1.82) is 0 Å². The van der Waals surface area contributed by atoms with Crippen molar-refractivity contribution >= 4 is 29.3 Å². The molecule has 2 aromatic rings. The minimum Gasteiger partial charge on any atom is -0.355 e. The second-order valence-electron chi connectivity index (χ2n) is 4.87. The Labute approximate surface area is 131 Å². The number of H-pyrrole nitrogens is 1. The maximum absolute atomic E-state index is 11.9. The van der Waals surface area contributed by atoms with Gasteiger partial charge in [-0.3, -0.25) is 9.89 Å². The Kier molecular flexibility index (Phi) is 4.45. The second kappa shape index (κ2) is 6.49. The summed E-state index contributed by atoms with van der Waals surface area (Å²) in [5.74, 6) is 0.763. The van der Waals surface area contributed by atoms with Crippen molar-refractivity contribution in [3.05, 3.63) is 29.3 Å². The minimum atomic E-state index is -0.110. The third-order valence-corrected chi connectivity index (χ3v) is 4.69. The summed E-state index contributed by atoms with van der Waals surface area (Å²) in [7, 11) is 0. The van der Waals surface area contributed by atoms with Crippen LogP contribution in [-0.2, 0) is 4.79 Å². The molecule has 7 heteroatoms. The molecule has 2 heterocycles. The number of aromatic nitrogens is 3. The average molecular weight is 323 g/mol. The van der Waals surface area contributed by atoms with Crippen LogP contribution in [0.4, 0.5) is 0 Å². The van der Waals surface area contributed by atoms with Gasteiger partial charge in [-0.1, -0.05) is 29.8 Å². The van der Waals surface area contributed by atoms with Crippen LogP contribution in [0.3, 0.4) is 0 Å². The summed E-state index contributed by atoms with van der Waals surface area (Å²) in [4.78, 5) is 16.4. The number of aromatic amines is 1. The zero-order chi connectivity index (χ0) is 14.7. The Morgan fingerprint density at radius 1 is 1.24 bits per heavy atom. The van der Waals surface area contributed by atoms with E-state index in [0.717, 1.165) is 31.4 Å². The zero-order valence-electron chi connectivity index (χ0n) is 11.3. The zero-order valence-corrected chi connectivity index (χ0v) is 12.9. The van der Waals surface area contributed by atoms with E-state index in [0.29, 0.717) is 16.0 Å². The number of thioether (sulfide) groups is 1. The molecule has 0 radical (unpaired) electrons. The Hall–Kier alpha value is -1.53. The van der Waals surface area contributed by atoms with Crippen LogP contribution in [0.25, 0.3) is 11.4 Å². The number of carbonyl (C=O) groups excluding carboxylic acids is 1. The van der Waals surface area contributed by atoms with Gasteiger partial charge >= 0.3 is 0 Å². The van der Waals surface area contributed by atoms with Gasteiger partial charge in [0.1, 0.15) is 0 Å². The van der Waals surface area contributed by atoms with Crippen molar-refractivity contribution in [3.63, 3.8) is 0 Å². The average Bonchev–Trinajstić information content (AvgIpc) is 2.85. The van der Waals surface area contributed by atoms with E-state index >= 15 is 0 Å². The number of nitrogens with zero attached hydrogens (tertiary/aromatic N) is 2. The molecule has 1 amide bonds. The maximum Gasteiger partial charge on any atom is 0.233 e. The normalized spacial score (nSPS) is 19.1. The molecule has 1 aliphatic heterocycles. The Bertz CT molecular complexity index is 628. The van der Waals surface area contributed by atoms with Crippen LogP contribution in [0.15, 0.2) is 29.4 Å². The van der Waals surface area contributed by atoms with Crippen LogP contribution < -0.4 is 5.32 Å². The van der Waals surface area contributed by atoms with E-state index < -0.39 is 0 Å². The van der Waals surface area contributed by atoms with Gasteiger partial charge in [-0.05, 0) is 37.1 Å². The van der Waals surface area contributed by atoms with Gasteiger partial charge in [-0.2, -0.15) is 0 Å². The molecule has 1 aromatic heterocycles. The van der Waals surface area contributed by atoms with Gasteiger partial charge in [-0.25, -0.2) is 4.98 Å². The first-order valence-corrected chi connectivity index (χ1v) is 8.11. The second-order valence-corrected chi connectivity index (χ2v) is 6.47. The fourth-order valence-corrected chi connectivity index (χ4v) is 3.28. The van der Waals surface area contributed by atoms with Crippen molar-refractivity contribution in [2.45, 2.75) is 29.7 Å². The molecule has 0 bridgehead atoms. The summed E-state index contributed by atoms with van der Waals surface area (Å²) in [6.07, 6.45) is 2.94. The lowest BCUT2D eigenvalue weighted by molar-refractivity contribution is -0.120. The van der Waals surface area contributed by atoms with Crippen molar-refractivity contribution in [3.8, 4) is 11.4 Å². The SMILES string of the molecule is O=C1NCCCCC1Sc1n[nH]c(-c2ccc(Cl)cc2)n1. The van der Waals surface area contributed by atoms with Crippen molar-refractivity contribution in [1.82, 2.24) is 20.5 Å². The fourth-order valence-electron chi connectivity index (χ4n) is 2.19. The van der Waals surface area contributed by atoms with E-state index in [-0.39, 0.29) is 11.2 Å². The van der Waals surface area contributed by atoms with E-state index in [9.17, 15) is 4.79 Å². The monoisotopic (exact) mass is 322 g/mol. The molecular formula is C14H15ClN4OS. The summed E-state index contributed by atoms with van der Waals surface area (Å²) in [6.45, 7) is 0.764. The topological polar surface area (TPSA) is 70.7 Å². The number of nitrogens with one attached hydrogen (secondary N) is 2. The number of benzene rings is 1. The first-order valence-electron chi connectivity index (χ1n) is 6.85. The molecule has 110 valence electrons. The summed E-state index contributed by atoms with van der Waals surface area (Å²) in [5.41, 5.74) is 0.920. The molecule has 0 saturated carbocycles. The molecule has 1 atom stereocenters. The van der Waals surface area contributed by atoms with Crippen molar-refractivity contribution < 1.29 is 4.79 Å². The van der Waals surface area contributed by atoms with Crippen LogP contribution in [0, 0.1) is 0 Å². The van der Waals surface area contributed by atoms with Gasteiger partial charge in [0.25, 0.3) is 0 Å². The van der Waals surface area contributed by atoms with E-state index in [1.165, 1.54) is 11.8 Å². The molecule has 3 rings (SSSR count). The fraction of sp³-hybridized carbons (Fsp3) is 0.357. The van der Waals surface area contributed by atoms with E-state index in [2.05, 4.69) is 20.5 Å². The molecule has 1 fully saturated rings. The predicted octanol–water partition coefficient (Wildman–Crippen LogP) is 2.89. The minimum absolute atomic E-state index is 0.0790. The molecule has 0 spiro atoms. The summed E-state index contributed by atoms with van der Waals surface area (Å²) in [6, 6.07) is 7.39. The summed E-state index contributed by atoms with van der Waals surface area (Å²) < 4.78 is 0. The van der Waals surface area contributed by atoms with Crippen LogP contribution in [-0.4, -0.2) is 32.9 Å². The third kappa shape index (κ3) is 3.57. The van der Waals surface area contributed by atoms with Crippen LogP contribution in [0.5, 0.6) is 0 Å². The highest BCUT2D eigenvalue weighted by Gasteiger charge is 2.23. The highest BCUT2D eigenvalue weighted by atomic mass is 35.5. The van der Waals surface area contributed by atoms with Crippen LogP contribution >= 0.6 is 23.4 Å². The number of amides is 1. The number of rotatable bonds is 3. The van der Waals surface area contributed by atoms with Gasteiger partial charge in [0.05, 0.1) is 5.25 Å². The molecule has 1 unspecified atom stereocenters. The van der Waals surface area contributed by atoms with Crippen molar-refractivity contribution in [2.75, 3.05) is 6.54 Å². The Morgan fingerprint density at radius 2 is 2.05 bits per heavy atom. The Morgan fingerprint density at radius 3 is 2.86 bits per heavy atom. The smallest absolute Gasteiger partial charge is 0.233 e. The largest absolute Gasteiger partial charge is 0.355 e. The lowest BCUT2D eigenvalue weighted by atomic mass is 10.2. The van der Waals surface area contributed by atoms with E-state index in [1.807, 2.05) is 24.3 Å². The lowest BCUT2D eigenvalue weighted by Gasteiger charge is -2.09. The Balaban J connectivity index is 1.72. The summed E-state index contributed by atoms with van der Waals surface area (Å²) >= 11 is 7.28. The highest BCUT2D eigenvalue weighted by Crippen LogP contribution is 2.27. The van der Waals surface area contributed by atoms with Crippen LogP contribution in [0.2, 0.25) is 5.02 Å². The molecule has 5 nitrogen and oxygen atoms in total. The van der Waals surface area contributed by atoms with Gasteiger partial charge in [0, 0.05) is 17.1 Å². The molecule has 21 heavy (non-hydrogen) atoms. The first kappa shape index (κ1) is 14.4. The third-order valence-electron chi connectivity index (χ3n) is 3.31. The first-order chi connectivity index (χ1) is 10.2. The summed E-state index contributed by atoms with van der Waals surface area (Å²) in [5, 5.41) is 11.2. The predicted molar refractivity (Wildman–Crippen MR) is 83.3 cm³/mol. The maximum atomic E-state index is 11.9. The molecular weight excluding hydrogens is 308 g/mol. The molecule has 1 saturated heterocycles. The van der Waals surface area contributed by atoms with Gasteiger partial charge in [0.2, 0.25) is 11.1 Å². The number of hydrogen-bond acceptors (Lipinski definition) is 4. The van der Waals surface area contributed by atoms with Gasteiger partial charge in [0.15, 0.2) is 5.82 Å². The number of halogens is 1. The molecule has 0 aliphatic carbocycles. The van der Waals surface area contributed by atoms with E-state index in [1.54, 1.807) is 0 Å². The van der Waals surface area contributed by atoms with Gasteiger partial charge in [-0.15, -0.1) is 5.10 Å². The highest BCUT2D eigenvalue weighted by molar-refractivity contribution is 8.00. The molecule has 1 aromatic carbocycles.